The Morgan fingerprint density at radius 2 is 1.67 bits per heavy atom. The minimum Gasteiger partial charge on any atom is -0.397 e. The summed E-state index contributed by atoms with van der Waals surface area (Å²) < 4.78 is 0. The molecule has 0 unspecified atom stereocenters. The fourth-order valence-corrected chi connectivity index (χ4v) is 1.14. The first-order chi connectivity index (χ1) is 5.61. The number of halogens is 2. The van der Waals surface area contributed by atoms with E-state index in [1.54, 1.807) is 12.1 Å². The van der Waals surface area contributed by atoms with Gasteiger partial charge in [-0.15, -0.1) is 0 Å². The summed E-state index contributed by atoms with van der Waals surface area (Å²) in [7, 11) is 0. The van der Waals surface area contributed by atoms with Crippen LogP contribution < -0.4 is 5.73 Å². The molecule has 0 saturated heterocycles. The van der Waals surface area contributed by atoms with Crippen molar-refractivity contribution < 1.29 is 0 Å². The molecule has 0 bridgehead atoms. The van der Waals surface area contributed by atoms with Gasteiger partial charge in [-0.2, -0.15) is 0 Å². The fraction of sp³-hybridized carbons (Fsp3) is 0.333. The summed E-state index contributed by atoms with van der Waals surface area (Å²) in [6, 6.07) is 3.41. The first-order valence-corrected chi connectivity index (χ1v) is 4.58. The van der Waals surface area contributed by atoms with Gasteiger partial charge >= 0.3 is 0 Å². The van der Waals surface area contributed by atoms with Crippen LogP contribution in [0.4, 0.5) is 5.69 Å². The Hall–Kier alpha value is -0.400. The highest BCUT2D eigenvalue weighted by Crippen LogP contribution is 2.26. The molecule has 0 atom stereocenters. The number of anilines is 1. The molecule has 0 aliphatic rings. The number of hydrogen-bond donors (Lipinski definition) is 1. The van der Waals surface area contributed by atoms with Crippen LogP contribution in [0.25, 0.3) is 0 Å². The molecule has 0 aromatic heterocycles. The van der Waals surface area contributed by atoms with Crippen LogP contribution in [-0.4, -0.2) is 0 Å². The molecule has 0 spiro atoms. The minimum absolute atomic E-state index is 0.534. The van der Waals surface area contributed by atoms with Gasteiger partial charge in [0.1, 0.15) is 0 Å². The Balaban J connectivity index is 0.000000561. The summed E-state index contributed by atoms with van der Waals surface area (Å²) in [5, 5.41) is 1.21. The van der Waals surface area contributed by atoms with E-state index in [2.05, 4.69) is 0 Å². The largest absolute Gasteiger partial charge is 0.397 e. The molecule has 1 aromatic carbocycles. The van der Waals surface area contributed by atoms with E-state index in [4.69, 9.17) is 28.9 Å². The summed E-state index contributed by atoms with van der Waals surface area (Å²) in [5.41, 5.74) is 6.95. The van der Waals surface area contributed by atoms with Crippen molar-refractivity contribution in [3.63, 3.8) is 0 Å². The van der Waals surface area contributed by atoms with E-state index >= 15 is 0 Å². The SMILES string of the molecule is CC.Cc1cc(Cl)cc(N)c1Cl. The summed E-state index contributed by atoms with van der Waals surface area (Å²) in [4.78, 5) is 0. The van der Waals surface area contributed by atoms with E-state index in [0.29, 0.717) is 15.7 Å². The molecule has 1 rings (SSSR count). The van der Waals surface area contributed by atoms with Crippen molar-refractivity contribution in [2.24, 2.45) is 0 Å². The zero-order valence-electron chi connectivity index (χ0n) is 7.49. The predicted octanol–water partition coefficient (Wildman–Crippen LogP) is 3.91. The maximum atomic E-state index is 5.77. The normalized spacial score (nSPS) is 8.75. The molecule has 1 nitrogen and oxygen atoms in total. The third kappa shape index (κ3) is 2.92. The number of hydrogen-bond acceptors (Lipinski definition) is 1. The summed E-state index contributed by atoms with van der Waals surface area (Å²) in [6.07, 6.45) is 0. The molecule has 1 aromatic rings. The molecule has 0 amide bonds. The Labute approximate surface area is 83.5 Å². The molecular formula is C9H13Cl2N. The van der Waals surface area contributed by atoms with E-state index in [1.165, 1.54) is 0 Å². The van der Waals surface area contributed by atoms with Gasteiger partial charge in [0.25, 0.3) is 0 Å². The second-order valence-corrected chi connectivity index (χ2v) is 2.94. The molecule has 0 heterocycles. The monoisotopic (exact) mass is 205 g/mol. The van der Waals surface area contributed by atoms with Crippen molar-refractivity contribution in [1.29, 1.82) is 0 Å². The maximum Gasteiger partial charge on any atom is 0.0665 e. The molecular weight excluding hydrogens is 193 g/mol. The second-order valence-electron chi connectivity index (χ2n) is 2.13. The lowest BCUT2D eigenvalue weighted by atomic mass is 10.2. The second kappa shape index (κ2) is 5.28. The third-order valence-corrected chi connectivity index (χ3v) is 1.98. The van der Waals surface area contributed by atoms with Gasteiger partial charge in [-0.25, -0.2) is 0 Å². The minimum atomic E-state index is 0.534. The van der Waals surface area contributed by atoms with Gasteiger partial charge in [0.05, 0.1) is 10.7 Å². The molecule has 0 fully saturated rings. The van der Waals surface area contributed by atoms with Crippen molar-refractivity contribution in [2.45, 2.75) is 20.8 Å². The zero-order chi connectivity index (χ0) is 9.72. The molecule has 0 aliphatic heterocycles. The highest BCUT2D eigenvalue weighted by molar-refractivity contribution is 6.35. The summed E-state index contributed by atoms with van der Waals surface area (Å²) in [5.74, 6) is 0. The molecule has 68 valence electrons. The van der Waals surface area contributed by atoms with Crippen molar-refractivity contribution in [3.05, 3.63) is 27.7 Å². The number of nitrogen functional groups attached to an aromatic ring is 1. The van der Waals surface area contributed by atoms with Crippen molar-refractivity contribution >= 4 is 28.9 Å². The Bertz CT molecular complexity index is 236. The van der Waals surface area contributed by atoms with Crippen LogP contribution in [0, 0.1) is 6.92 Å². The van der Waals surface area contributed by atoms with Gasteiger partial charge in [-0.3, -0.25) is 0 Å². The van der Waals surface area contributed by atoms with E-state index in [-0.39, 0.29) is 0 Å². The first-order valence-electron chi connectivity index (χ1n) is 3.82. The molecule has 2 N–H and O–H groups in total. The topological polar surface area (TPSA) is 26.0 Å². The van der Waals surface area contributed by atoms with Gasteiger partial charge in [0.15, 0.2) is 0 Å². The van der Waals surface area contributed by atoms with Crippen LogP contribution in [0.3, 0.4) is 0 Å². The van der Waals surface area contributed by atoms with E-state index in [9.17, 15) is 0 Å². The number of benzene rings is 1. The van der Waals surface area contributed by atoms with Gasteiger partial charge < -0.3 is 5.73 Å². The average molecular weight is 206 g/mol. The van der Waals surface area contributed by atoms with Crippen LogP contribution in [0.2, 0.25) is 10.0 Å². The Morgan fingerprint density at radius 1 is 1.17 bits per heavy atom. The summed E-state index contributed by atoms with van der Waals surface area (Å²) >= 11 is 11.4. The van der Waals surface area contributed by atoms with Crippen LogP contribution in [0.15, 0.2) is 12.1 Å². The summed E-state index contributed by atoms with van der Waals surface area (Å²) in [6.45, 7) is 5.87. The number of aryl methyl sites for hydroxylation is 1. The standard InChI is InChI=1S/C7H7Cl2N.C2H6/c1-4-2-5(8)3-6(10)7(4)9;1-2/h2-3H,10H2,1H3;1-2H3. The van der Waals surface area contributed by atoms with Crippen LogP contribution in [0.1, 0.15) is 19.4 Å². The van der Waals surface area contributed by atoms with Crippen molar-refractivity contribution in [2.75, 3.05) is 5.73 Å². The van der Waals surface area contributed by atoms with Crippen molar-refractivity contribution in [1.82, 2.24) is 0 Å². The first kappa shape index (κ1) is 11.6. The van der Waals surface area contributed by atoms with E-state index < -0.39 is 0 Å². The highest BCUT2D eigenvalue weighted by atomic mass is 35.5. The predicted molar refractivity (Wildman–Crippen MR) is 57.0 cm³/mol. The van der Waals surface area contributed by atoms with Crippen LogP contribution in [0.5, 0.6) is 0 Å². The lowest BCUT2D eigenvalue weighted by molar-refractivity contribution is 1.47. The number of nitrogens with two attached hydrogens (primary N) is 1. The highest BCUT2D eigenvalue weighted by Gasteiger charge is 2.00. The van der Waals surface area contributed by atoms with Gasteiger partial charge in [-0.1, -0.05) is 37.0 Å². The fourth-order valence-electron chi connectivity index (χ4n) is 0.751. The number of rotatable bonds is 0. The molecule has 0 radical (unpaired) electrons. The maximum absolute atomic E-state index is 5.77. The van der Waals surface area contributed by atoms with Crippen LogP contribution in [-0.2, 0) is 0 Å². The zero-order valence-corrected chi connectivity index (χ0v) is 9.00. The average Bonchev–Trinajstić information content (AvgIpc) is 2.04. The molecule has 0 aliphatic carbocycles. The van der Waals surface area contributed by atoms with E-state index in [0.717, 1.165) is 5.56 Å². The van der Waals surface area contributed by atoms with Gasteiger partial charge in [0.2, 0.25) is 0 Å². The van der Waals surface area contributed by atoms with Gasteiger partial charge in [-0.05, 0) is 24.6 Å². The molecule has 12 heavy (non-hydrogen) atoms. The van der Waals surface area contributed by atoms with Gasteiger partial charge in [0, 0.05) is 5.02 Å². The van der Waals surface area contributed by atoms with E-state index in [1.807, 2.05) is 20.8 Å². The lowest BCUT2D eigenvalue weighted by Crippen LogP contribution is -1.87. The Morgan fingerprint density at radius 3 is 2.08 bits per heavy atom. The molecule has 3 heteroatoms. The quantitative estimate of drug-likeness (QED) is 0.640. The van der Waals surface area contributed by atoms with Crippen molar-refractivity contribution in [3.8, 4) is 0 Å². The van der Waals surface area contributed by atoms with Crippen LogP contribution >= 0.6 is 23.2 Å². The smallest absolute Gasteiger partial charge is 0.0665 e. The Kier molecular flexibility index (Phi) is 5.11. The third-order valence-electron chi connectivity index (χ3n) is 1.25. The lowest BCUT2D eigenvalue weighted by Gasteiger charge is -2.01. The molecule has 0 saturated carbocycles.